The molecule has 6 nitrogen and oxygen atoms in total. The Bertz CT molecular complexity index is 578. The maximum absolute atomic E-state index is 12.4. The Morgan fingerprint density at radius 3 is 2.16 bits per heavy atom. The average Bonchev–Trinajstić information content (AvgIpc) is 2.65. The molecule has 0 spiro atoms. The van der Waals surface area contributed by atoms with Gasteiger partial charge in [0.25, 0.3) is 0 Å². The number of carbonyl (C=O) groups excluding carboxylic acids is 2. The van der Waals surface area contributed by atoms with E-state index in [1.165, 1.54) is 0 Å². The summed E-state index contributed by atoms with van der Waals surface area (Å²) in [5.74, 6) is 0.859. The monoisotopic (exact) mass is 347 g/mol. The van der Waals surface area contributed by atoms with Gasteiger partial charge in [-0.3, -0.25) is 9.59 Å². The van der Waals surface area contributed by atoms with Crippen molar-refractivity contribution < 1.29 is 14.3 Å². The van der Waals surface area contributed by atoms with Crippen LogP contribution in [-0.2, 0) is 16.0 Å². The molecule has 0 bridgehead atoms. The number of benzene rings is 1. The number of aryl methyl sites for hydroxylation is 1. The lowest BCUT2D eigenvalue weighted by Gasteiger charge is -2.36. The normalized spacial score (nSPS) is 17.1. The van der Waals surface area contributed by atoms with Crippen LogP contribution in [0.15, 0.2) is 24.3 Å². The van der Waals surface area contributed by atoms with E-state index >= 15 is 0 Å². The first-order valence-electron chi connectivity index (χ1n) is 8.87. The Morgan fingerprint density at radius 1 is 1.08 bits per heavy atom. The van der Waals surface area contributed by atoms with Crippen molar-refractivity contribution in [2.45, 2.75) is 32.7 Å². The third-order valence-corrected chi connectivity index (χ3v) is 4.91. The van der Waals surface area contributed by atoms with E-state index in [0.29, 0.717) is 39.0 Å². The minimum atomic E-state index is -0.183. The van der Waals surface area contributed by atoms with E-state index in [4.69, 9.17) is 10.5 Å². The predicted octanol–water partition coefficient (Wildman–Crippen LogP) is 1.28. The lowest BCUT2D eigenvalue weighted by molar-refractivity contribution is -0.142. The molecule has 2 unspecified atom stereocenters. The van der Waals surface area contributed by atoms with Gasteiger partial charge < -0.3 is 20.3 Å². The SMILES string of the molecule is COc1ccc(CCC(=O)N2CCN(C(=O)C(C)C(C)N)CC2)cc1. The third kappa shape index (κ3) is 5.19. The molecule has 1 saturated heterocycles. The molecule has 6 heteroatoms. The van der Waals surface area contributed by atoms with Gasteiger partial charge in [-0.2, -0.15) is 0 Å². The molecule has 0 aliphatic carbocycles. The van der Waals surface area contributed by atoms with Crippen LogP contribution in [-0.4, -0.2) is 60.9 Å². The molecule has 1 aliphatic heterocycles. The van der Waals surface area contributed by atoms with E-state index in [-0.39, 0.29) is 23.8 Å². The number of hydrogen-bond donors (Lipinski definition) is 1. The predicted molar refractivity (Wildman–Crippen MR) is 97.3 cm³/mol. The van der Waals surface area contributed by atoms with Gasteiger partial charge in [0.1, 0.15) is 5.75 Å². The van der Waals surface area contributed by atoms with Gasteiger partial charge in [-0.15, -0.1) is 0 Å². The number of nitrogens with two attached hydrogens (primary N) is 1. The van der Waals surface area contributed by atoms with Crippen molar-refractivity contribution in [3.63, 3.8) is 0 Å². The van der Waals surface area contributed by atoms with Gasteiger partial charge in [0.2, 0.25) is 11.8 Å². The van der Waals surface area contributed by atoms with Crippen LogP contribution in [0.4, 0.5) is 0 Å². The average molecular weight is 347 g/mol. The number of amides is 2. The maximum atomic E-state index is 12.4. The fourth-order valence-electron chi connectivity index (χ4n) is 2.89. The van der Waals surface area contributed by atoms with Crippen molar-refractivity contribution in [3.05, 3.63) is 29.8 Å². The molecule has 0 saturated carbocycles. The molecule has 1 aromatic rings. The van der Waals surface area contributed by atoms with E-state index in [0.717, 1.165) is 11.3 Å². The Hall–Kier alpha value is -2.08. The molecular formula is C19H29N3O3. The van der Waals surface area contributed by atoms with E-state index in [1.807, 2.05) is 47.9 Å². The number of hydrogen-bond acceptors (Lipinski definition) is 4. The van der Waals surface area contributed by atoms with Crippen LogP contribution in [0.2, 0.25) is 0 Å². The molecule has 0 aromatic heterocycles. The van der Waals surface area contributed by atoms with Crippen molar-refractivity contribution in [2.75, 3.05) is 33.3 Å². The summed E-state index contributed by atoms with van der Waals surface area (Å²) < 4.78 is 5.14. The van der Waals surface area contributed by atoms with Crippen LogP contribution in [0.5, 0.6) is 5.75 Å². The summed E-state index contributed by atoms with van der Waals surface area (Å²) in [6.45, 7) is 6.08. The van der Waals surface area contributed by atoms with Gasteiger partial charge in [-0.05, 0) is 31.0 Å². The second-order valence-electron chi connectivity index (χ2n) is 6.70. The summed E-state index contributed by atoms with van der Waals surface area (Å²) >= 11 is 0. The van der Waals surface area contributed by atoms with Crippen molar-refractivity contribution in [3.8, 4) is 5.75 Å². The smallest absolute Gasteiger partial charge is 0.227 e. The van der Waals surface area contributed by atoms with Gasteiger partial charge in [-0.1, -0.05) is 19.1 Å². The molecule has 1 heterocycles. The molecule has 1 fully saturated rings. The van der Waals surface area contributed by atoms with Crippen LogP contribution >= 0.6 is 0 Å². The van der Waals surface area contributed by atoms with Gasteiger partial charge in [0.15, 0.2) is 0 Å². The zero-order valence-corrected chi connectivity index (χ0v) is 15.4. The number of carbonyl (C=O) groups is 2. The second kappa shape index (κ2) is 8.85. The first-order chi connectivity index (χ1) is 11.9. The summed E-state index contributed by atoms with van der Waals surface area (Å²) in [6.07, 6.45) is 1.19. The van der Waals surface area contributed by atoms with E-state index < -0.39 is 0 Å². The molecule has 25 heavy (non-hydrogen) atoms. The summed E-state index contributed by atoms with van der Waals surface area (Å²) in [5, 5.41) is 0. The van der Waals surface area contributed by atoms with Gasteiger partial charge >= 0.3 is 0 Å². The van der Waals surface area contributed by atoms with E-state index in [1.54, 1.807) is 7.11 Å². The molecule has 2 N–H and O–H groups in total. The number of ether oxygens (including phenoxy) is 1. The first-order valence-corrected chi connectivity index (χ1v) is 8.87. The fraction of sp³-hybridized carbons (Fsp3) is 0.579. The van der Waals surface area contributed by atoms with Gasteiger partial charge in [0, 0.05) is 38.6 Å². The molecule has 1 aliphatic rings. The molecule has 138 valence electrons. The fourth-order valence-corrected chi connectivity index (χ4v) is 2.89. The summed E-state index contributed by atoms with van der Waals surface area (Å²) in [6, 6.07) is 7.63. The van der Waals surface area contributed by atoms with Crippen molar-refractivity contribution in [2.24, 2.45) is 11.7 Å². The lowest BCUT2D eigenvalue weighted by atomic mass is 10.0. The largest absolute Gasteiger partial charge is 0.497 e. The number of methoxy groups -OCH3 is 1. The maximum Gasteiger partial charge on any atom is 0.227 e. The Morgan fingerprint density at radius 2 is 1.64 bits per heavy atom. The molecule has 0 radical (unpaired) electrons. The Labute approximate surface area is 149 Å². The zero-order valence-electron chi connectivity index (χ0n) is 15.4. The first kappa shape index (κ1) is 19.2. The number of piperazine rings is 1. The van der Waals surface area contributed by atoms with Gasteiger partial charge in [0.05, 0.1) is 13.0 Å². The van der Waals surface area contributed by atoms with E-state index in [9.17, 15) is 9.59 Å². The molecule has 2 rings (SSSR count). The zero-order chi connectivity index (χ0) is 18.4. The topological polar surface area (TPSA) is 75.9 Å². The molecular weight excluding hydrogens is 318 g/mol. The summed E-state index contributed by atoms with van der Waals surface area (Å²) in [7, 11) is 1.64. The quantitative estimate of drug-likeness (QED) is 0.841. The minimum Gasteiger partial charge on any atom is -0.497 e. The highest BCUT2D eigenvalue weighted by molar-refractivity contribution is 5.80. The van der Waals surface area contributed by atoms with Gasteiger partial charge in [-0.25, -0.2) is 0 Å². The third-order valence-electron chi connectivity index (χ3n) is 4.91. The minimum absolute atomic E-state index is 0.0836. The number of nitrogens with zero attached hydrogens (tertiary/aromatic N) is 2. The van der Waals surface area contributed by atoms with Crippen LogP contribution in [0, 0.1) is 5.92 Å². The molecule has 2 amide bonds. The summed E-state index contributed by atoms with van der Waals surface area (Å²) in [5.41, 5.74) is 6.93. The van der Waals surface area contributed by atoms with Crippen molar-refractivity contribution in [1.29, 1.82) is 0 Å². The van der Waals surface area contributed by atoms with Crippen LogP contribution < -0.4 is 10.5 Å². The highest BCUT2D eigenvalue weighted by atomic mass is 16.5. The molecule has 2 atom stereocenters. The van der Waals surface area contributed by atoms with Crippen LogP contribution in [0.25, 0.3) is 0 Å². The number of rotatable bonds is 6. The Kier molecular flexibility index (Phi) is 6.82. The second-order valence-corrected chi connectivity index (χ2v) is 6.70. The standard InChI is InChI=1S/C19H29N3O3/c1-14(15(2)20)19(24)22-12-10-21(11-13-22)18(23)9-6-16-4-7-17(25-3)8-5-16/h4-5,7-8,14-15H,6,9-13,20H2,1-3H3. The van der Waals surface area contributed by atoms with Crippen molar-refractivity contribution >= 4 is 11.8 Å². The highest BCUT2D eigenvalue weighted by Crippen LogP contribution is 2.14. The van der Waals surface area contributed by atoms with E-state index in [2.05, 4.69) is 0 Å². The lowest BCUT2D eigenvalue weighted by Crippen LogP contribution is -2.53. The molecule has 1 aromatic carbocycles. The van der Waals surface area contributed by atoms with Crippen LogP contribution in [0.1, 0.15) is 25.8 Å². The summed E-state index contributed by atoms with van der Waals surface area (Å²) in [4.78, 5) is 28.4. The highest BCUT2D eigenvalue weighted by Gasteiger charge is 2.28. The Balaban J connectivity index is 1.77. The van der Waals surface area contributed by atoms with Crippen LogP contribution in [0.3, 0.4) is 0 Å². The van der Waals surface area contributed by atoms with Crippen molar-refractivity contribution in [1.82, 2.24) is 9.80 Å².